The van der Waals surface area contributed by atoms with Crippen LogP contribution in [0.15, 0.2) is 40.2 Å². The Morgan fingerprint density at radius 2 is 2.04 bits per heavy atom. The number of hydrogen-bond acceptors (Lipinski definition) is 4. The Bertz CT molecular complexity index is 862. The molecule has 7 heteroatoms. The summed E-state index contributed by atoms with van der Waals surface area (Å²) in [5.41, 5.74) is 1.31. The minimum atomic E-state index is -0.282. The number of nitrogens with one attached hydrogen (secondary N) is 1. The standard InChI is InChI=1S/C19H22ClN3O2S/c1-12-7-8-15(11-16(12)20)23-18(24)10-9-17(22-23)26-13(2)19(25)21-14-5-3-4-6-14/h7-11,13-14H,3-6H2,1-2H3,(H,21,25). The molecule has 3 rings (SSSR count). The van der Waals surface area contributed by atoms with Crippen molar-refractivity contribution in [3.8, 4) is 5.69 Å². The van der Waals surface area contributed by atoms with E-state index in [-0.39, 0.29) is 16.7 Å². The molecular formula is C19H22ClN3O2S. The van der Waals surface area contributed by atoms with E-state index >= 15 is 0 Å². The molecule has 2 aromatic rings. The predicted molar refractivity (Wildman–Crippen MR) is 105 cm³/mol. The molecule has 1 N–H and O–H groups in total. The second-order valence-corrected chi connectivity index (χ2v) is 8.37. The molecule has 0 spiro atoms. The molecule has 1 saturated carbocycles. The first-order valence-corrected chi connectivity index (χ1v) is 10.0. The Kier molecular flexibility index (Phi) is 6.04. The van der Waals surface area contributed by atoms with Crippen molar-refractivity contribution in [2.75, 3.05) is 0 Å². The number of hydrogen-bond donors (Lipinski definition) is 1. The number of aryl methyl sites for hydroxylation is 1. The van der Waals surface area contributed by atoms with Crippen LogP contribution in [0.3, 0.4) is 0 Å². The summed E-state index contributed by atoms with van der Waals surface area (Å²) in [6, 6.07) is 8.78. The minimum Gasteiger partial charge on any atom is -0.352 e. The lowest BCUT2D eigenvalue weighted by Gasteiger charge is -2.16. The van der Waals surface area contributed by atoms with Gasteiger partial charge in [-0.1, -0.05) is 42.3 Å². The molecule has 1 amide bonds. The summed E-state index contributed by atoms with van der Waals surface area (Å²) >= 11 is 7.51. The van der Waals surface area contributed by atoms with E-state index in [4.69, 9.17) is 11.6 Å². The van der Waals surface area contributed by atoms with Gasteiger partial charge >= 0.3 is 0 Å². The van der Waals surface area contributed by atoms with E-state index in [0.717, 1.165) is 18.4 Å². The van der Waals surface area contributed by atoms with E-state index in [0.29, 0.717) is 21.8 Å². The molecule has 0 bridgehead atoms. The highest BCUT2D eigenvalue weighted by molar-refractivity contribution is 8.00. The van der Waals surface area contributed by atoms with Gasteiger partial charge < -0.3 is 5.32 Å². The van der Waals surface area contributed by atoms with Crippen LogP contribution in [0.25, 0.3) is 5.69 Å². The van der Waals surface area contributed by atoms with Gasteiger partial charge in [-0.15, -0.1) is 0 Å². The number of amides is 1. The Labute approximate surface area is 162 Å². The van der Waals surface area contributed by atoms with Crippen LogP contribution in [-0.2, 0) is 4.79 Å². The van der Waals surface area contributed by atoms with Crippen LogP contribution in [0.5, 0.6) is 0 Å². The van der Waals surface area contributed by atoms with Crippen molar-refractivity contribution in [1.82, 2.24) is 15.1 Å². The molecule has 0 radical (unpaired) electrons. The molecule has 1 atom stereocenters. The van der Waals surface area contributed by atoms with E-state index in [1.807, 2.05) is 19.9 Å². The summed E-state index contributed by atoms with van der Waals surface area (Å²) in [7, 11) is 0. The quantitative estimate of drug-likeness (QED) is 0.788. The van der Waals surface area contributed by atoms with Crippen LogP contribution in [0.4, 0.5) is 0 Å². The normalized spacial score (nSPS) is 15.8. The molecule has 5 nitrogen and oxygen atoms in total. The fourth-order valence-electron chi connectivity index (χ4n) is 2.98. The monoisotopic (exact) mass is 391 g/mol. The maximum Gasteiger partial charge on any atom is 0.271 e. The van der Waals surface area contributed by atoms with Gasteiger partial charge in [0.25, 0.3) is 5.56 Å². The van der Waals surface area contributed by atoms with Gasteiger partial charge in [-0.3, -0.25) is 9.59 Å². The molecule has 138 valence electrons. The van der Waals surface area contributed by atoms with Gasteiger partial charge in [0, 0.05) is 17.1 Å². The molecule has 1 aliphatic carbocycles. The third-order valence-electron chi connectivity index (χ3n) is 4.54. The fourth-order valence-corrected chi connectivity index (χ4v) is 3.97. The van der Waals surface area contributed by atoms with Crippen LogP contribution in [0, 0.1) is 6.92 Å². The first-order chi connectivity index (χ1) is 12.4. The zero-order chi connectivity index (χ0) is 18.7. The smallest absolute Gasteiger partial charge is 0.271 e. The Morgan fingerprint density at radius 3 is 2.73 bits per heavy atom. The lowest BCUT2D eigenvalue weighted by atomic mass is 10.2. The third-order valence-corrected chi connectivity index (χ3v) is 5.98. The van der Waals surface area contributed by atoms with Crippen molar-refractivity contribution in [3.63, 3.8) is 0 Å². The van der Waals surface area contributed by atoms with Crippen LogP contribution in [-0.4, -0.2) is 27.0 Å². The molecule has 1 fully saturated rings. The number of carbonyl (C=O) groups excluding carboxylic acids is 1. The molecule has 0 saturated heterocycles. The van der Waals surface area contributed by atoms with Gasteiger partial charge in [0.1, 0.15) is 5.03 Å². The molecule has 1 aromatic carbocycles. The molecule has 1 aliphatic rings. The van der Waals surface area contributed by atoms with Gasteiger partial charge in [-0.05, 0) is 50.5 Å². The average Bonchev–Trinajstić information content (AvgIpc) is 3.12. The van der Waals surface area contributed by atoms with E-state index in [2.05, 4.69) is 10.4 Å². The second-order valence-electron chi connectivity index (χ2n) is 6.61. The van der Waals surface area contributed by atoms with Crippen LogP contribution < -0.4 is 10.9 Å². The van der Waals surface area contributed by atoms with Gasteiger partial charge in [0.2, 0.25) is 5.91 Å². The van der Waals surface area contributed by atoms with E-state index < -0.39 is 0 Å². The summed E-state index contributed by atoms with van der Waals surface area (Å²) in [5, 5.41) is 8.41. The number of rotatable bonds is 5. The van der Waals surface area contributed by atoms with Crippen LogP contribution in [0.2, 0.25) is 5.02 Å². The molecule has 1 heterocycles. The highest BCUT2D eigenvalue weighted by Crippen LogP contribution is 2.23. The Balaban J connectivity index is 1.75. The predicted octanol–water partition coefficient (Wildman–Crippen LogP) is 3.73. The number of halogens is 1. The van der Waals surface area contributed by atoms with Gasteiger partial charge in [-0.25, -0.2) is 0 Å². The largest absolute Gasteiger partial charge is 0.352 e. The third kappa shape index (κ3) is 4.48. The Morgan fingerprint density at radius 1 is 1.31 bits per heavy atom. The highest BCUT2D eigenvalue weighted by atomic mass is 35.5. The molecule has 26 heavy (non-hydrogen) atoms. The van der Waals surface area contributed by atoms with Crippen molar-refractivity contribution in [2.45, 2.75) is 55.8 Å². The second kappa shape index (κ2) is 8.27. The maximum absolute atomic E-state index is 12.4. The number of benzene rings is 1. The minimum absolute atomic E-state index is 0.0137. The zero-order valence-corrected chi connectivity index (χ0v) is 16.4. The maximum atomic E-state index is 12.4. The van der Waals surface area contributed by atoms with Crippen LogP contribution >= 0.6 is 23.4 Å². The SMILES string of the molecule is Cc1ccc(-n2nc(SC(C)C(=O)NC3CCCC3)ccc2=O)cc1Cl. The van der Waals surface area contributed by atoms with Crippen molar-refractivity contribution in [2.24, 2.45) is 0 Å². The first-order valence-electron chi connectivity index (χ1n) is 8.78. The van der Waals surface area contributed by atoms with Crippen molar-refractivity contribution >= 4 is 29.3 Å². The molecule has 1 aromatic heterocycles. The van der Waals surface area contributed by atoms with Crippen molar-refractivity contribution in [3.05, 3.63) is 51.3 Å². The molecule has 1 unspecified atom stereocenters. The zero-order valence-electron chi connectivity index (χ0n) is 14.9. The number of nitrogens with zero attached hydrogens (tertiary/aromatic N) is 2. The first kappa shape index (κ1) is 19.0. The number of thioether (sulfide) groups is 1. The van der Waals surface area contributed by atoms with Crippen LogP contribution in [0.1, 0.15) is 38.2 Å². The van der Waals surface area contributed by atoms with Gasteiger partial charge in [0.15, 0.2) is 0 Å². The van der Waals surface area contributed by atoms with E-state index in [9.17, 15) is 9.59 Å². The Hall–Kier alpha value is -1.79. The fraction of sp³-hybridized carbons (Fsp3) is 0.421. The summed E-state index contributed by atoms with van der Waals surface area (Å²) in [6.07, 6.45) is 4.47. The van der Waals surface area contributed by atoms with Crippen molar-refractivity contribution < 1.29 is 4.79 Å². The van der Waals surface area contributed by atoms with E-state index in [1.54, 1.807) is 18.2 Å². The summed E-state index contributed by atoms with van der Waals surface area (Å²) < 4.78 is 1.31. The summed E-state index contributed by atoms with van der Waals surface area (Å²) in [4.78, 5) is 24.5. The summed E-state index contributed by atoms with van der Waals surface area (Å²) in [6.45, 7) is 3.76. The van der Waals surface area contributed by atoms with Gasteiger partial charge in [-0.2, -0.15) is 9.78 Å². The van der Waals surface area contributed by atoms with Gasteiger partial charge in [0.05, 0.1) is 10.9 Å². The average molecular weight is 392 g/mol. The van der Waals surface area contributed by atoms with Crippen molar-refractivity contribution in [1.29, 1.82) is 0 Å². The topological polar surface area (TPSA) is 64.0 Å². The molecule has 0 aliphatic heterocycles. The molecular weight excluding hydrogens is 370 g/mol. The van der Waals surface area contributed by atoms with E-state index in [1.165, 1.54) is 35.4 Å². The summed E-state index contributed by atoms with van der Waals surface area (Å²) in [5.74, 6) is 0.0137. The number of aromatic nitrogens is 2. The highest BCUT2D eigenvalue weighted by Gasteiger charge is 2.21. The number of carbonyl (C=O) groups is 1. The lowest BCUT2D eigenvalue weighted by Crippen LogP contribution is -2.37. The lowest BCUT2D eigenvalue weighted by molar-refractivity contribution is -0.120.